The fourth-order valence-corrected chi connectivity index (χ4v) is 4.42. The van der Waals surface area contributed by atoms with Gasteiger partial charge in [0.05, 0.1) is 17.6 Å². The maximum atomic E-state index is 12.4. The van der Waals surface area contributed by atoms with Crippen molar-refractivity contribution in [1.29, 1.82) is 0 Å². The van der Waals surface area contributed by atoms with Gasteiger partial charge >= 0.3 is 0 Å². The van der Waals surface area contributed by atoms with E-state index in [1.807, 2.05) is 0 Å². The molecule has 2 fully saturated rings. The summed E-state index contributed by atoms with van der Waals surface area (Å²) in [6.45, 7) is 0.343. The summed E-state index contributed by atoms with van der Waals surface area (Å²) in [6.07, 6.45) is 4.48. The average Bonchev–Trinajstić information content (AvgIpc) is 2.96. The van der Waals surface area contributed by atoms with Crippen LogP contribution in [-0.2, 0) is 19.5 Å². The van der Waals surface area contributed by atoms with Crippen molar-refractivity contribution in [2.45, 2.75) is 48.9 Å². The third kappa shape index (κ3) is 3.59. The van der Waals surface area contributed by atoms with E-state index in [-0.39, 0.29) is 17.5 Å². The zero-order valence-corrected chi connectivity index (χ0v) is 14.0. The van der Waals surface area contributed by atoms with Gasteiger partial charge in [0, 0.05) is 25.5 Å². The smallest absolute Gasteiger partial charge is 0.289 e. The third-order valence-electron chi connectivity index (χ3n) is 4.38. The average molecular weight is 356 g/mol. The number of nitro groups is 1. The van der Waals surface area contributed by atoms with Gasteiger partial charge in [0.2, 0.25) is 10.0 Å². The second-order valence-corrected chi connectivity index (χ2v) is 7.83. The van der Waals surface area contributed by atoms with Gasteiger partial charge in [-0.3, -0.25) is 10.1 Å². The summed E-state index contributed by atoms with van der Waals surface area (Å²) in [5, 5.41) is 11.0. The highest BCUT2D eigenvalue weighted by Crippen LogP contribution is 2.37. The molecular weight excluding hydrogens is 336 g/mol. The number of hydrogen-bond donors (Lipinski definition) is 1. The van der Waals surface area contributed by atoms with E-state index in [4.69, 9.17) is 9.47 Å². The Morgan fingerprint density at radius 1 is 1.25 bits per heavy atom. The Morgan fingerprint density at radius 2 is 1.96 bits per heavy atom. The fourth-order valence-electron chi connectivity index (χ4n) is 3.19. The summed E-state index contributed by atoms with van der Waals surface area (Å²) in [7, 11) is -3.99. The fraction of sp³-hybridized carbons (Fsp3) is 0.600. The van der Waals surface area contributed by atoms with Gasteiger partial charge in [-0.05, 0) is 18.9 Å². The Bertz CT molecular complexity index is 714. The predicted octanol–water partition coefficient (Wildman–Crippen LogP) is 1.95. The normalized spacial score (nSPS) is 23.4. The van der Waals surface area contributed by atoms with Crippen LogP contribution in [0.2, 0.25) is 0 Å². The lowest BCUT2D eigenvalue weighted by atomic mass is 9.94. The highest BCUT2D eigenvalue weighted by molar-refractivity contribution is 7.89. The first-order valence-electron chi connectivity index (χ1n) is 7.97. The number of rotatable bonds is 5. The molecule has 2 aliphatic rings. The molecule has 8 nitrogen and oxygen atoms in total. The van der Waals surface area contributed by atoms with Crippen LogP contribution in [0.3, 0.4) is 0 Å². The lowest BCUT2D eigenvalue weighted by molar-refractivity contribution is -0.387. The third-order valence-corrected chi connectivity index (χ3v) is 5.85. The molecule has 1 saturated heterocycles. The molecule has 24 heavy (non-hydrogen) atoms. The second-order valence-electron chi connectivity index (χ2n) is 6.10. The van der Waals surface area contributed by atoms with Gasteiger partial charge in [-0.15, -0.1) is 0 Å². The maximum Gasteiger partial charge on any atom is 0.289 e. The van der Waals surface area contributed by atoms with Crippen molar-refractivity contribution in [3.8, 4) is 0 Å². The minimum absolute atomic E-state index is 0.0239. The first-order valence-corrected chi connectivity index (χ1v) is 9.45. The lowest BCUT2D eigenvalue weighted by Crippen LogP contribution is -2.37. The van der Waals surface area contributed by atoms with Gasteiger partial charge in [-0.1, -0.05) is 18.6 Å². The summed E-state index contributed by atoms with van der Waals surface area (Å²) in [4.78, 5) is 9.95. The second kappa shape index (κ2) is 6.75. The van der Waals surface area contributed by atoms with E-state index in [1.165, 1.54) is 24.3 Å². The van der Waals surface area contributed by atoms with E-state index >= 15 is 0 Å². The molecule has 1 aromatic carbocycles. The van der Waals surface area contributed by atoms with E-state index in [9.17, 15) is 18.5 Å². The van der Waals surface area contributed by atoms with Crippen LogP contribution < -0.4 is 4.72 Å². The van der Waals surface area contributed by atoms with Gasteiger partial charge in [-0.25, -0.2) is 13.1 Å². The van der Waals surface area contributed by atoms with E-state index in [0.29, 0.717) is 6.61 Å². The molecule has 9 heteroatoms. The molecule has 1 atom stereocenters. The summed E-state index contributed by atoms with van der Waals surface area (Å²) >= 11 is 0. The Labute approximate surface area is 140 Å². The number of benzene rings is 1. The lowest BCUT2D eigenvalue weighted by Gasteiger charge is -2.31. The molecule has 1 heterocycles. The van der Waals surface area contributed by atoms with Crippen molar-refractivity contribution in [2.24, 2.45) is 0 Å². The number of nitro benzene ring substituents is 1. The van der Waals surface area contributed by atoms with Crippen molar-refractivity contribution in [3.05, 3.63) is 34.4 Å². The van der Waals surface area contributed by atoms with E-state index < -0.39 is 26.4 Å². The molecule has 0 amide bonds. The van der Waals surface area contributed by atoms with Crippen LogP contribution in [-0.4, -0.2) is 38.4 Å². The molecule has 0 radical (unpaired) electrons. The highest BCUT2D eigenvalue weighted by Gasteiger charge is 2.42. The van der Waals surface area contributed by atoms with Gasteiger partial charge in [-0.2, -0.15) is 0 Å². The summed E-state index contributed by atoms with van der Waals surface area (Å²) in [5.74, 6) is -0.576. The minimum Gasteiger partial charge on any atom is -0.347 e. The van der Waals surface area contributed by atoms with Crippen LogP contribution in [0.15, 0.2) is 29.2 Å². The van der Waals surface area contributed by atoms with Gasteiger partial charge in [0.25, 0.3) is 5.69 Å². The largest absolute Gasteiger partial charge is 0.347 e. The molecule has 0 bridgehead atoms. The highest BCUT2D eigenvalue weighted by atomic mass is 32.2. The molecular formula is C15H20N2O6S. The summed E-state index contributed by atoms with van der Waals surface area (Å²) in [6, 6.07) is 5.27. The summed E-state index contributed by atoms with van der Waals surface area (Å²) < 4.78 is 38.8. The Balaban J connectivity index is 1.65. The number of hydrogen-bond acceptors (Lipinski definition) is 6. The Kier molecular flexibility index (Phi) is 4.86. The zero-order chi connectivity index (χ0) is 17.2. The van der Waals surface area contributed by atoms with Crippen molar-refractivity contribution in [2.75, 3.05) is 13.2 Å². The molecule has 1 spiro atoms. The molecule has 0 unspecified atom stereocenters. The SMILES string of the molecule is O=[N+]([O-])c1ccccc1S(=O)(=O)NC[C@@H]1COC2(CCCCC2)O1. The van der Waals surface area contributed by atoms with Gasteiger partial charge in [0.15, 0.2) is 10.7 Å². The van der Waals surface area contributed by atoms with Crippen LogP contribution in [0.25, 0.3) is 0 Å². The van der Waals surface area contributed by atoms with Crippen molar-refractivity contribution in [1.82, 2.24) is 4.72 Å². The number of ether oxygens (including phenoxy) is 2. The van der Waals surface area contributed by atoms with Crippen molar-refractivity contribution in [3.63, 3.8) is 0 Å². The van der Waals surface area contributed by atoms with Crippen LogP contribution in [0, 0.1) is 10.1 Å². The zero-order valence-electron chi connectivity index (χ0n) is 13.1. The van der Waals surface area contributed by atoms with E-state index in [0.717, 1.165) is 32.1 Å². The Morgan fingerprint density at radius 3 is 2.67 bits per heavy atom. The molecule has 1 aromatic rings. The summed E-state index contributed by atoms with van der Waals surface area (Å²) in [5.41, 5.74) is -0.447. The first-order chi connectivity index (χ1) is 11.4. The van der Waals surface area contributed by atoms with Gasteiger partial charge in [0.1, 0.15) is 0 Å². The minimum atomic E-state index is -3.99. The van der Waals surface area contributed by atoms with Crippen LogP contribution in [0.1, 0.15) is 32.1 Å². The number of nitrogens with zero attached hydrogens (tertiary/aromatic N) is 1. The van der Waals surface area contributed by atoms with E-state index in [1.54, 1.807) is 0 Å². The number of para-hydroxylation sites is 1. The van der Waals surface area contributed by atoms with Crippen LogP contribution in [0.5, 0.6) is 0 Å². The Hall–Kier alpha value is -1.55. The van der Waals surface area contributed by atoms with E-state index in [2.05, 4.69) is 4.72 Å². The van der Waals surface area contributed by atoms with Crippen LogP contribution >= 0.6 is 0 Å². The van der Waals surface area contributed by atoms with Crippen molar-refractivity contribution >= 4 is 15.7 Å². The molecule has 1 aliphatic heterocycles. The molecule has 132 valence electrons. The molecule has 0 aromatic heterocycles. The topological polar surface area (TPSA) is 108 Å². The standard InChI is InChI=1S/C15H20N2O6S/c18-17(19)13-6-2-3-7-14(13)24(20,21)16-10-12-11-22-15(23-12)8-4-1-5-9-15/h2-3,6-7,12,16H,1,4-5,8-11H2/t12-/m1/s1. The maximum absolute atomic E-state index is 12.4. The number of nitrogens with one attached hydrogen (secondary N) is 1. The predicted molar refractivity (Wildman–Crippen MR) is 84.9 cm³/mol. The number of sulfonamides is 1. The van der Waals surface area contributed by atoms with Crippen molar-refractivity contribution < 1.29 is 22.8 Å². The molecule has 1 saturated carbocycles. The molecule has 1 N–H and O–H groups in total. The van der Waals surface area contributed by atoms with Crippen LogP contribution in [0.4, 0.5) is 5.69 Å². The first kappa shape index (κ1) is 17.3. The quantitative estimate of drug-likeness (QED) is 0.638. The van der Waals surface area contributed by atoms with Gasteiger partial charge < -0.3 is 9.47 Å². The molecule has 3 rings (SSSR count). The monoisotopic (exact) mass is 356 g/mol. The molecule has 1 aliphatic carbocycles.